The minimum Gasteiger partial charge on any atom is -0.478 e. The molecule has 3 rings (SSSR count). The summed E-state index contributed by atoms with van der Waals surface area (Å²) in [5, 5.41) is 12.3. The number of nitrogens with one attached hydrogen (secondary N) is 2. The maximum atomic E-state index is 13.7. The lowest BCUT2D eigenvalue weighted by molar-refractivity contribution is 0.0538. The van der Waals surface area contributed by atoms with Crippen LogP contribution in [-0.2, 0) is 11.2 Å². The first-order valence-electron chi connectivity index (χ1n) is 9.19. The van der Waals surface area contributed by atoms with E-state index in [1.54, 1.807) is 7.11 Å². The summed E-state index contributed by atoms with van der Waals surface area (Å²) in [6.07, 6.45) is 0.843. The predicted molar refractivity (Wildman–Crippen MR) is 105 cm³/mol. The molecule has 1 fully saturated rings. The van der Waals surface area contributed by atoms with Crippen LogP contribution in [0.15, 0.2) is 18.2 Å². The van der Waals surface area contributed by atoms with Crippen molar-refractivity contribution in [2.75, 3.05) is 25.1 Å². The summed E-state index contributed by atoms with van der Waals surface area (Å²) in [5.74, 6) is -2.33. The highest BCUT2D eigenvalue weighted by molar-refractivity contribution is 6.30. The molecule has 1 aromatic carbocycles. The molecule has 1 aliphatic rings. The Morgan fingerprint density at radius 2 is 2.24 bits per heavy atom. The van der Waals surface area contributed by atoms with Crippen LogP contribution in [-0.4, -0.2) is 59.3 Å². The van der Waals surface area contributed by atoms with Crippen molar-refractivity contribution in [3.8, 4) is 0 Å². The Bertz CT molecular complexity index is 920. The van der Waals surface area contributed by atoms with E-state index in [-0.39, 0.29) is 34.6 Å². The number of carbonyl (C=O) groups excluding carboxylic acids is 1. The summed E-state index contributed by atoms with van der Waals surface area (Å²) < 4.78 is 19.2. The molecule has 0 saturated carbocycles. The van der Waals surface area contributed by atoms with E-state index in [0.717, 1.165) is 6.07 Å². The fourth-order valence-corrected chi connectivity index (χ4v) is 3.66. The molecule has 0 aliphatic carbocycles. The Hall–Kier alpha value is -2.65. The van der Waals surface area contributed by atoms with Gasteiger partial charge in [-0.1, -0.05) is 18.5 Å². The van der Waals surface area contributed by atoms with Gasteiger partial charge in [0.25, 0.3) is 5.91 Å². The van der Waals surface area contributed by atoms with Crippen molar-refractivity contribution in [3.05, 3.63) is 46.3 Å². The normalized spacial score (nSPS) is 19.2. The average Bonchev–Trinajstić information content (AvgIpc) is 3.09. The molecule has 8 nitrogen and oxygen atoms in total. The number of carboxylic acid groups (broad SMARTS) is 1. The number of H-pyrrole nitrogens is 1. The van der Waals surface area contributed by atoms with Gasteiger partial charge in [-0.25, -0.2) is 14.2 Å². The van der Waals surface area contributed by atoms with Gasteiger partial charge in [-0.3, -0.25) is 4.79 Å². The number of benzene rings is 1. The van der Waals surface area contributed by atoms with E-state index in [1.165, 1.54) is 12.1 Å². The topological polar surface area (TPSA) is 108 Å². The molecule has 10 heteroatoms. The summed E-state index contributed by atoms with van der Waals surface area (Å²) >= 11 is 6.00. The van der Waals surface area contributed by atoms with Gasteiger partial charge in [0.1, 0.15) is 5.82 Å². The summed E-state index contributed by atoms with van der Waals surface area (Å²) in [4.78, 5) is 32.6. The molecule has 29 heavy (non-hydrogen) atoms. The van der Waals surface area contributed by atoms with Gasteiger partial charge in [-0.05, 0) is 31.0 Å². The standard InChI is InChI=1S/C19H22ClFN4O4/c1-3-13-16(20)24-17(22-13)18(26)23-14-6-7-25(9-15(14)29-2)10-4-5-12(21)11(8-10)19(27)28/h4-5,8,14-15H,3,6-7,9H2,1-2H3,(H,22,24)(H,23,26)(H,27,28)/t14-,15+/m1/s1. The number of aromatic amines is 1. The zero-order valence-corrected chi connectivity index (χ0v) is 16.8. The fourth-order valence-electron chi connectivity index (χ4n) is 3.40. The lowest BCUT2D eigenvalue weighted by Crippen LogP contribution is -2.55. The quantitative estimate of drug-likeness (QED) is 0.657. The molecule has 0 radical (unpaired) electrons. The Labute approximate surface area is 172 Å². The van der Waals surface area contributed by atoms with Gasteiger partial charge >= 0.3 is 5.97 Å². The van der Waals surface area contributed by atoms with Gasteiger partial charge in [-0.15, -0.1) is 0 Å². The Kier molecular flexibility index (Phi) is 6.39. The van der Waals surface area contributed by atoms with Crippen LogP contribution in [0.1, 0.15) is 40.0 Å². The third-order valence-electron chi connectivity index (χ3n) is 5.02. The van der Waals surface area contributed by atoms with E-state index < -0.39 is 11.8 Å². The maximum absolute atomic E-state index is 13.7. The molecular formula is C19H22ClFN4O4. The minimum atomic E-state index is -1.32. The highest BCUT2D eigenvalue weighted by Gasteiger charge is 2.32. The van der Waals surface area contributed by atoms with E-state index in [9.17, 15) is 14.0 Å². The Morgan fingerprint density at radius 3 is 2.86 bits per heavy atom. The number of amides is 1. The van der Waals surface area contributed by atoms with Crippen LogP contribution in [0.25, 0.3) is 0 Å². The Balaban J connectivity index is 1.70. The molecule has 0 spiro atoms. The number of aryl methyl sites for hydroxylation is 1. The van der Waals surface area contributed by atoms with E-state index in [4.69, 9.17) is 21.4 Å². The zero-order chi connectivity index (χ0) is 21.1. The number of carboxylic acids is 1. The van der Waals surface area contributed by atoms with Gasteiger partial charge < -0.3 is 25.0 Å². The van der Waals surface area contributed by atoms with Gasteiger partial charge in [0.2, 0.25) is 0 Å². The predicted octanol–water partition coefficient (Wildman–Crippen LogP) is 2.49. The fraction of sp³-hybridized carbons (Fsp3) is 0.421. The number of aromatic carboxylic acids is 1. The second-order valence-corrected chi connectivity index (χ2v) is 7.12. The molecule has 1 aliphatic heterocycles. The van der Waals surface area contributed by atoms with Crippen molar-refractivity contribution in [2.24, 2.45) is 0 Å². The van der Waals surface area contributed by atoms with Gasteiger partial charge in [-0.2, -0.15) is 0 Å². The van der Waals surface area contributed by atoms with E-state index in [1.807, 2.05) is 11.8 Å². The number of hydrogen-bond donors (Lipinski definition) is 3. The summed E-state index contributed by atoms with van der Waals surface area (Å²) in [6.45, 7) is 2.85. The molecule has 2 heterocycles. The molecule has 2 aromatic rings. The smallest absolute Gasteiger partial charge is 0.338 e. The summed E-state index contributed by atoms with van der Waals surface area (Å²) in [6, 6.07) is 3.71. The molecule has 0 bridgehead atoms. The van der Waals surface area contributed by atoms with Crippen LogP contribution < -0.4 is 10.2 Å². The molecular weight excluding hydrogens is 403 g/mol. The number of halogens is 2. The first-order valence-corrected chi connectivity index (χ1v) is 9.57. The number of imidazole rings is 1. The molecule has 1 saturated heterocycles. The van der Waals surface area contributed by atoms with Crippen LogP contribution in [0.5, 0.6) is 0 Å². The van der Waals surface area contributed by atoms with Crippen molar-refractivity contribution in [1.82, 2.24) is 15.3 Å². The monoisotopic (exact) mass is 424 g/mol. The number of aromatic nitrogens is 2. The molecule has 156 valence electrons. The number of rotatable bonds is 6. The van der Waals surface area contributed by atoms with Gasteiger partial charge in [0.05, 0.1) is 23.4 Å². The zero-order valence-electron chi connectivity index (χ0n) is 16.0. The van der Waals surface area contributed by atoms with E-state index in [0.29, 0.717) is 37.3 Å². The van der Waals surface area contributed by atoms with Crippen LogP contribution in [0.4, 0.5) is 10.1 Å². The van der Waals surface area contributed by atoms with Crippen LogP contribution in [0, 0.1) is 5.82 Å². The lowest BCUT2D eigenvalue weighted by Gasteiger charge is -2.39. The summed E-state index contributed by atoms with van der Waals surface area (Å²) in [5.41, 5.74) is 0.898. The summed E-state index contributed by atoms with van der Waals surface area (Å²) in [7, 11) is 1.54. The Morgan fingerprint density at radius 1 is 1.48 bits per heavy atom. The van der Waals surface area contributed by atoms with Gasteiger partial charge in [0, 0.05) is 25.9 Å². The second-order valence-electron chi connectivity index (χ2n) is 6.77. The van der Waals surface area contributed by atoms with E-state index >= 15 is 0 Å². The van der Waals surface area contributed by atoms with Crippen LogP contribution in [0.2, 0.25) is 5.15 Å². The molecule has 2 atom stereocenters. The largest absolute Gasteiger partial charge is 0.478 e. The maximum Gasteiger partial charge on any atom is 0.338 e. The number of piperidine rings is 1. The number of carbonyl (C=O) groups is 2. The highest BCUT2D eigenvalue weighted by Crippen LogP contribution is 2.24. The van der Waals surface area contributed by atoms with E-state index in [2.05, 4.69) is 15.3 Å². The molecule has 1 aromatic heterocycles. The number of methoxy groups -OCH3 is 1. The first kappa shape index (κ1) is 21.1. The SMILES string of the molecule is CCc1[nH]c(C(=O)N[C@@H]2CCN(c3ccc(F)c(C(=O)O)c3)C[C@@H]2OC)nc1Cl. The second kappa shape index (κ2) is 8.79. The third kappa shape index (κ3) is 4.51. The van der Waals surface area contributed by atoms with Gasteiger partial charge in [0.15, 0.2) is 11.0 Å². The number of anilines is 1. The molecule has 1 amide bonds. The van der Waals surface area contributed by atoms with Crippen molar-refractivity contribution < 1.29 is 23.8 Å². The van der Waals surface area contributed by atoms with Crippen LogP contribution in [0.3, 0.4) is 0 Å². The number of nitrogens with zero attached hydrogens (tertiary/aromatic N) is 2. The lowest BCUT2D eigenvalue weighted by atomic mass is 10.0. The number of ether oxygens (including phenoxy) is 1. The van der Waals surface area contributed by atoms with Crippen molar-refractivity contribution >= 4 is 29.2 Å². The van der Waals surface area contributed by atoms with Crippen LogP contribution >= 0.6 is 11.6 Å². The van der Waals surface area contributed by atoms with Crippen molar-refractivity contribution in [2.45, 2.75) is 31.9 Å². The number of hydrogen-bond acceptors (Lipinski definition) is 5. The minimum absolute atomic E-state index is 0.147. The first-order chi connectivity index (χ1) is 13.8. The highest BCUT2D eigenvalue weighted by atomic mass is 35.5. The van der Waals surface area contributed by atoms with Crippen molar-refractivity contribution in [3.63, 3.8) is 0 Å². The van der Waals surface area contributed by atoms with Crippen molar-refractivity contribution in [1.29, 1.82) is 0 Å². The molecule has 3 N–H and O–H groups in total. The third-order valence-corrected chi connectivity index (χ3v) is 5.33. The molecule has 0 unspecified atom stereocenters. The average molecular weight is 425 g/mol.